The zero-order valence-electron chi connectivity index (χ0n) is 18.6. The number of ether oxygens (including phenoxy) is 2. The van der Waals surface area contributed by atoms with Gasteiger partial charge in [0.2, 0.25) is 0 Å². The molecule has 0 aromatic rings. The van der Waals surface area contributed by atoms with Gasteiger partial charge in [0.1, 0.15) is 0 Å². The first-order chi connectivity index (χ1) is 13.9. The molecule has 2 aliphatic heterocycles. The van der Waals surface area contributed by atoms with Crippen LogP contribution in [-0.4, -0.2) is 125 Å². The predicted octanol–water partition coefficient (Wildman–Crippen LogP) is 0.901. The van der Waals surface area contributed by atoms with Gasteiger partial charge in [-0.25, -0.2) is 9.59 Å². The van der Waals surface area contributed by atoms with Crippen LogP contribution in [0.3, 0.4) is 0 Å². The molecule has 168 valence electrons. The Morgan fingerprint density at radius 1 is 1.10 bits per heavy atom. The molecule has 0 aliphatic carbocycles. The van der Waals surface area contributed by atoms with Crippen molar-refractivity contribution in [1.29, 1.82) is 0 Å². The normalized spacial score (nSPS) is 20.2. The SMILES string of the molecule is COCCCNC(=O)N(C)CCN(C1CCOCC1)C1CCN(C(=O)N(C)C)C1. The number of nitrogens with zero attached hydrogens (tertiary/aromatic N) is 4. The van der Waals surface area contributed by atoms with E-state index in [0.29, 0.717) is 31.8 Å². The standard InChI is InChI=1S/C20H39N5O4/c1-22(2)20(27)24-10-6-18(16-24)25(17-7-14-29-15-8-17)12-11-23(3)19(26)21-9-5-13-28-4/h17-18H,5-16H2,1-4H3,(H,21,26). The Labute approximate surface area is 175 Å². The molecule has 0 aromatic carbocycles. The molecule has 0 spiro atoms. The van der Waals surface area contributed by atoms with Crippen LogP contribution in [0, 0.1) is 0 Å². The minimum absolute atomic E-state index is 0.0520. The smallest absolute Gasteiger partial charge is 0.319 e. The van der Waals surface area contributed by atoms with Crippen molar-refractivity contribution in [2.24, 2.45) is 0 Å². The number of likely N-dealkylation sites (N-methyl/N-ethyl adjacent to an activating group) is 1. The quantitative estimate of drug-likeness (QED) is 0.569. The summed E-state index contributed by atoms with van der Waals surface area (Å²) in [6.45, 7) is 5.83. The summed E-state index contributed by atoms with van der Waals surface area (Å²) in [4.78, 5) is 32.5. The molecule has 2 aliphatic rings. The topological polar surface area (TPSA) is 77.6 Å². The number of urea groups is 2. The van der Waals surface area contributed by atoms with Crippen molar-refractivity contribution in [2.45, 2.75) is 37.8 Å². The van der Waals surface area contributed by atoms with E-state index in [9.17, 15) is 9.59 Å². The molecule has 9 heteroatoms. The minimum atomic E-state index is -0.0520. The van der Waals surface area contributed by atoms with E-state index < -0.39 is 0 Å². The van der Waals surface area contributed by atoms with Crippen LogP contribution in [-0.2, 0) is 9.47 Å². The number of carbonyl (C=O) groups is 2. The van der Waals surface area contributed by atoms with Gasteiger partial charge in [0.15, 0.2) is 0 Å². The summed E-state index contributed by atoms with van der Waals surface area (Å²) in [5, 5.41) is 2.93. The number of rotatable bonds is 9. The first-order valence-electron chi connectivity index (χ1n) is 10.7. The third kappa shape index (κ3) is 7.31. The Morgan fingerprint density at radius 2 is 1.83 bits per heavy atom. The molecule has 1 atom stereocenters. The summed E-state index contributed by atoms with van der Waals surface area (Å²) in [5.41, 5.74) is 0. The van der Waals surface area contributed by atoms with Crippen molar-refractivity contribution in [2.75, 3.05) is 80.8 Å². The molecule has 1 unspecified atom stereocenters. The van der Waals surface area contributed by atoms with E-state index in [-0.39, 0.29) is 12.1 Å². The summed E-state index contributed by atoms with van der Waals surface area (Å²) in [7, 11) is 7.09. The van der Waals surface area contributed by atoms with Gasteiger partial charge in [-0.2, -0.15) is 0 Å². The van der Waals surface area contributed by atoms with E-state index in [4.69, 9.17) is 9.47 Å². The molecular weight excluding hydrogens is 374 g/mol. The van der Waals surface area contributed by atoms with E-state index in [1.54, 1.807) is 31.0 Å². The van der Waals surface area contributed by atoms with Crippen molar-refractivity contribution >= 4 is 12.1 Å². The Morgan fingerprint density at radius 3 is 2.48 bits per heavy atom. The summed E-state index contributed by atoms with van der Waals surface area (Å²) in [5.74, 6) is 0. The van der Waals surface area contributed by atoms with Gasteiger partial charge in [0.25, 0.3) is 0 Å². The van der Waals surface area contributed by atoms with Gasteiger partial charge in [-0.1, -0.05) is 0 Å². The van der Waals surface area contributed by atoms with Crippen molar-refractivity contribution in [3.05, 3.63) is 0 Å². The van der Waals surface area contributed by atoms with Crippen LogP contribution in [0.25, 0.3) is 0 Å². The maximum Gasteiger partial charge on any atom is 0.319 e. The first-order valence-corrected chi connectivity index (χ1v) is 10.7. The number of hydrogen-bond acceptors (Lipinski definition) is 5. The Hall–Kier alpha value is -1.58. The highest BCUT2D eigenvalue weighted by Gasteiger charge is 2.35. The molecule has 2 fully saturated rings. The minimum Gasteiger partial charge on any atom is -0.385 e. The molecular formula is C20H39N5O4. The maximum absolute atomic E-state index is 12.3. The Balaban J connectivity index is 1.89. The molecule has 2 rings (SSSR count). The first kappa shape index (κ1) is 23.7. The van der Waals surface area contributed by atoms with E-state index in [2.05, 4.69) is 10.2 Å². The van der Waals surface area contributed by atoms with Crippen molar-refractivity contribution in [1.82, 2.24) is 24.9 Å². The number of carbonyl (C=O) groups excluding carboxylic acids is 2. The van der Waals surface area contributed by atoms with E-state index in [0.717, 1.165) is 58.5 Å². The number of methoxy groups -OCH3 is 1. The monoisotopic (exact) mass is 413 g/mol. The molecule has 2 heterocycles. The van der Waals surface area contributed by atoms with Gasteiger partial charge in [-0.05, 0) is 25.7 Å². The van der Waals surface area contributed by atoms with Crippen molar-refractivity contribution in [3.63, 3.8) is 0 Å². The molecule has 0 bridgehead atoms. The third-order valence-corrected chi connectivity index (χ3v) is 5.79. The lowest BCUT2D eigenvalue weighted by Gasteiger charge is -2.39. The molecule has 0 saturated carbocycles. The largest absolute Gasteiger partial charge is 0.385 e. The molecule has 0 aromatic heterocycles. The van der Waals surface area contributed by atoms with E-state index >= 15 is 0 Å². The lowest BCUT2D eigenvalue weighted by Crippen LogP contribution is -2.51. The van der Waals surface area contributed by atoms with Crippen LogP contribution in [0.1, 0.15) is 25.7 Å². The lowest BCUT2D eigenvalue weighted by atomic mass is 10.0. The van der Waals surface area contributed by atoms with Gasteiger partial charge in [0.05, 0.1) is 0 Å². The van der Waals surface area contributed by atoms with Crippen molar-refractivity contribution in [3.8, 4) is 0 Å². The second-order valence-corrected chi connectivity index (χ2v) is 8.15. The second-order valence-electron chi connectivity index (χ2n) is 8.15. The Bertz CT molecular complexity index is 513. The highest BCUT2D eigenvalue weighted by atomic mass is 16.5. The average Bonchev–Trinajstić information content (AvgIpc) is 3.21. The summed E-state index contributed by atoms with van der Waals surface area (Å²) in [6.07, 6.45) is 3.79. The molecule has 4 amide bonds. The molecule has 29 heavy (non-hydrogen) atoms. The highest BCUT2D eigenvalue weighted by molar-refractivity contribution is 5.74. The maximum atomic E-state index is 12.3. The van der Waals surface area contributed by atoms with Gasteiger partial charge in [0, 0.05) is 92.9 Å². The number of likely N-dealkylation sites (tertiary alicyclic amines) is 1. The fourth-order valence-electron chi connectivity index (χ4n) is 4.06. The van der Waals surface area contributed by atoms with Crippen LogP contribution >= 0.6 is 0 Å². The second kappa shape index (κ2) is 12.2. The number of amides is 4. The lowest BCUT2D eigenvalue weighted by molar-refractivity contribution is 0.0163. The van der Waals surface area contributed by atoms with Crippen molar-refractivity contribution < 1.29 is 19.1 Å². The van der Waals surface area contributed by atoms with Crippen LogP contribution in [0.4, 0.5) is 9.59 Å². The van der Waals surface area contributed by atoms with Gasteiger partial charge in [-0.3, -0.25) is 4.90 Å². The fourth-order valence-corrected chi connectivity index (χ4v) is 4.06. The Kier molecular flexibility index (Phi) is 9.96. The molecule has 2 saturated heterocycles. The molecule has 0 radical (unpaired) electrons. The highest BCUT2D eigenvalue weighted by Crippen LogP contribution is 2.23. The molecule has 1 N–H and O–H groups in total. The third-order valence-electron chi connectivity index (χ3n) is 5.79. The number of hydrogen-bond donors (Lipinski definition) is 1. The summed E-state index contributed by atoms with van der Waals surface area (Å²) in [6, 6.07) is 0.803. The zero-order valence-corrected chi connectivity index (χ0v) is 18.6. The van der Waals surface area contributed by atoms with E-state index in [1.807, 2.05) is 11.9 Å². The van der Waals surface area contributed by atoms with Crippen LogP contribution in [0.2, 0.25) is 0 Å². The summed E-state index contributed by atoms with van der Waals surface area (Å²) < 4.78 is 10.6. The van der Waals surface area contributed by atoms with Crippen LogP contribution in [0.5, 0.6) is 0 Å². The predicted molar refractivity (Wildman–Crippen MR) is 112 cm³/mol. The van der Waals surface area contributed by atoms with Gasteiger partial charge >= 0.3 is 12.1 Å². The fraction of sp³-hybridized carbons (Fsp3) is 0.900. The number of nitrogens with one attached hydrogen (secondary N) is 1. The molecule has 9 nitrogen and oxygen atoms in total. The van der Waals surface area contributed by atoms with Crippen LogP contribution < -0.4 is 5.32 Å². The van der Waals surface area contributed by atoms with E-state index in [1.165, 1.54) is 0 Å². The summed E-state index contributed by atoms with van der Waals surface area (Å²) >= 11 is 0. The van der Waals surface area contributed by atoms with Gasteiger partial charge < -0.3 is 29.5 Å². The average molecular weight is 414 g/mol. The van der Waals surface area contributed by atoms with Gasteiger partial charge in [-0.15, -0.1) is 0 Å². The van der Waals surface area contributed by atoms with Crippen LogP contribution in [0.15, 0.2) is 0 Å². The zero-order chi connectivity index (χ0) is 21.2.